The van der Waals surface area contributed by atoms with E-state index >= 15 is 0 Å². The smallest absolute Gasteiger partial charge is 0.266 e. The van der Waals surface area contributed by atoms with Crippen LogP contribution in [-0.4, -0.2) is 49.8 Å². The number of amides is 2. The van der Waals surface area contributed by atoms with Gasteiger partial charge < -0.3 is 26.8 Å². The average molecular weight is 488 g/mol. The number of methoxy groups -OCH3 is 1. The Morgan fingerprint density at radius 1 is 1.20 bits per heavy atom. The molecular weight excluding hydrogens is 458 g/mol. The number of alkyl halides is 2. The summed E-state index contributed by atoms with van der Waals surface area (Å²) in [5, 5.41) is 15.0. The zero-order chi connectivity index (χ0) is 25.6. The molecule has 1 atom stereocenters. The summed E-state index contributed by atoms with van der Waals surface area (Å²) in [4.78, 5) is 24.5. The predicted octanol–water partition coefficient (Wildman–Crippen LogP) is 0.318. The maximum Gasteiger partial charge on any atom is 0.266 e. The molecule has 0 aromatic heterocycles. The minimum Gasteiger partial charge on any atom is -0.496 e. The first-order valence-corrected chi connectivity index (χ1v) is 10.9. The number of carbonyl (C=O) groups excluding carboxylic acids is 2. The molecule has 3 rings (SSSR count). The number of quaternary nitrogens is 1. The Hall–Kier alpha value is -3.83. The van der Waals surface area contributed by atoms with E-state index in [1.54, 1.807) is 48.5 Å². The maximum absolute atomic E-state index is 13.7. The quantitative estimate of drug-likeness (QED) is 0.179. The number of para-hydroxylation sites is 1. The first kappa shape index (κ1) is 25.8. The molecule has 1 aliphatic heterocycles. The lowest BCUT2D eigenvalue weighted by Crippen LogP contribution is -2.96. The Balaban J connectivity index is 1.69. The fourth-order valence-electron chi connectivity index (χ4n) is 3.87. The third kappa shape index (κ3) is 6.61. The van der Waals surface area contributed by atoms with Gasteiger partial charge in [0.25, 0.3) is 17.7 Å². The number of nitrogens with two attached hydrogens (primary N) is 3. The highest BCUT2D eigenvalue weighted by Gasteiger charge is 2.39. The first-order chi connectivity index (χ1) is 16.6. The van der Waals surface area contributed by atoms with E-state index in [2.05, 4.69) is 10.6 Å². The standard InChI is InChI=1S/C24H28F2N6O3/c1-35-18-5-3-2-4-17(18)23(34)31-11-14-6-8-15(9-7-14)20(27)19(22(29)33)21(28)32-16-10-24(25,26)13-30-12-16/h2-9,16,30H,10-13,27H2,1H3,(H2,28,32)(H2,29,33)(H,31,34)/p+1. The van der Waals surface area contributed by atoms with Gasteiger partial charge in [-0.15, -0.1) is 0 Å². The molecule has 2 amide bonds. The number of carbonyl (C=O) groups is 2. The fourth-order valence-corrected chi connectivity index (χ4v) is 3.87. The van der Waals surface area contributed by atoms with E-state index in [-0.39, 0.29) is 36.1 Å². The summed E-state index contributed by atoms with van der Waals surface area (Å²) in [5.74, 6) is -3.95. The molecule has 186 valence electrons. The molecule has 1 heterocycles. The number of benzene rings is 2. The van der Waals surface area contributed by atoms with Crippen molar-refractivity contribution in [3.8, 4) is 5.75 Å². The van der Waals surface area contributed by atoms with Crippen LogP contribution >= 0.6 is 0 Å². The van der Waals surface area contributed by atoms with Gasteiger partial charge in [0.05, 0.1) is 31.3 Å². The molecule has 1 unspecified atom stereocenters. The van der Waals surface area contributed by atoms with E-state index in [1.165, 1.54) is 12.4 Å². The van der Waals surface area contributed by atoms with Gasteiger partial charge in [-0.1, -0.05) is 36.4 Å². The number of nitrogens with one attached hydrogen (secondary N) is 3. The summed E-state index contributed by atoms with van der Waals surface area (Å²) in [7, 11) is 1.49. The van der Waals surface area contributed by atoms with Gasteiger partial charge in [-0.05, 0) is 23.3 Å². The van der Waals surface area contributed by atoms with Crippen LogP contribution in [0.1, 0.15) is 27.9 Å². The van der Waals surface area contributed by atoms with Crippen molar-refractivity contribution in [2.75, 3.05) is 20.2 Å². The van der Waals surface area contributed by atoms with Crippen molar-refractivity contribution in [3.05, 3.63) is 70.8 Å². The first-order valence-electron chi connectivity index (χ1n) is 10.9. The molecule has 0 bridgehead atoms. The van der Waals surface area contributed by atoms with Gasteiger partial charge in [0, 0.05) is 13.1 Å². The van der Waals surface area contributed by atoms with Gasteiger partial charge in [0.1, 0.15) is 17.4 Å². The van der Waals surface area contributed by atoms with Crippen molar-refractivity contribution in [3.63, 3.8) is 0 Å². The van der Waals surface area contributed by atoms with Crippen molar-refractivity contribution in [1.29, 1.82) is 5.41 Å². The number of rotatable bonds is 8. The zero-order valence-corrected chi connectivity index (χ0v) is 19.2. The van der Waals surface area contributed by atoms with E-state index < -0.39 is 30.8 Å². The van der Waals surface area contributed by atoms with Crippen molar-refractivity contribution in [1.82, 2.24) is 10.6 Å². The van der Waals surface area contributed by atoms with Gasteiger partial charge in [0.15, 0.2) is 0 Å². The lowest BCUT2D eigenvalue weighted by atomic mass is 10.0. The number of piperidine rings is 1. The fraction of sp³-hybridized carbons (Fsp3) is 0.292. The van der Waals surface area contributed by atoms with E-state index in [0.717, 1.165) is 5.56 Å². The molecule has 0 spiro atoms. The minimum absolute atomic E-state index is 0.0288. The van der Waals surface area contributed by atoms with Crippen LogP contribution in [0.3, 0.4) is 0 Å². The number of hydrogen-bond acceptors (Lipinski definition) is 6. The molecule has 11 heteroatoms. The molecule has 1 saturated heterocycles. The number of amidine groups is 1. The van der Waals surface area contributed by atoms with E-state index in [9.17, 15) is 18.4 Å². The van der Waals surface area contributed by atoms with Crippen LogP contribution in [-0.2, 0) is 11.3 Å². The van der Waals surface area contributed by atoms with Crippen molar-refractivity contribution in [2.45, 2.75) is 24.9 Å². The largest absolute Gasteiger partial charge is 0.496 e. The van der Waals surface area contributed by atoms with Gasteiger partial charge in [-0.2, -0.15) is 0 Å². The van der Waals surface area contributed by atoms with Crippen LogP contribution in [0.2, 0.25) is 0 Å². The molecule has 2 aromatic rings. The predicted molar refractivity (Wildman–Crippen MR) is 127 cm³/mol. The van der Waals surface area contributed by atoms with Crippen molar-refractivity contribution >= 4 is 23.3 Å². The van der Waals surface area contributed by atoms with Crippen LogP contribution in [0.25, 0.3) is 5.70 Å². The maximum atomic E-state index is 13.7. The van der Waals surface area contributed by atoms with Crippen LogP contribution < -0.4 is 32.2 Å². The molecule has 2 aromatic carbocycles. The topological polar surface area (TPSA) is 160 Å². The Morgan fingerprint density at radius 3 is 2.51 bits per heavy atom. The summed E-state index contributed by atoms with van der Waals surface area (Å²) in [5.41, 5.74) is 13.0. The van der Waals surface area contributed by atoms with E-state index in [4.69, 9.17) is 21.6 Å². The lowest BCUT2D eigenvalue weighted by molar-refractivity contribution is -0.585. The van der Waals surface area contributed by atoms with E-state index in [0.29, 0.717) is 16.9 Å². The highest BCUT2D eigenvalue weighted by atomic mass is 19.3. The molecular formula is C24H29F2N6O3+. The minimum atomic E-state index is -2.89. The summed E-state index contributed by atoms with van der Waals surface area (Å²) < 4.78 is 32.5. The summed E-state index contributed by atoms with van der Waals surface area (Å²) >= 11 is 0. The zero-order valence-electron chi connectivity index (χ0n) is 19.2. The number of primary amides is 1. The summed E-state index contributed by atoms with van der Waals surface area (Å²) in [6.45, 7) is 0.0756. The second-order valence-corrected chi connectivity index (χ2v) is 8.26. The molecule has 9 nitrogen and oxygen atoms in total. The molecule has 0 radical (unpaired) electrons. The highest BCUT2D eigenvalue weighted by Crippen LogP contribution is 2.21. The Bertz CT molecular complexity index is 1130. The van der Waals surface area contributed by atoms with Crippen LogP contribution in [0.15, 0.2) is 54.1 Å². The van der Waals surface area contributed by atoms with Gasteiger partial charge in [-0.25, -0.2) is 14.2 Å². The molecule has 9 N–H and O–H groups in total. The van der Waals surface area contributed by atoms with Gasteiger partial charge >= 0.3 is 0 Å². The number of ether oxygens (including phenoxy) is 1. The van der Waals surface area contributed by atoms with Crippen LogP contribution in [0, 0.1) is 5.41 Å². The molecule has 35 heavy (non-hydrogen) atoms. The third-order valence-electron chi connectivity index (χ3n) is 5.61. The second-order valence-electron chi connectivity index (χ2n) is 8.26. The average Bonchev–Trinajstić information content (AvgIpc) is 2.82. The monoisotopic (exact) mass is 487 g/mol. The molecule has 0 saturated carbocycles. The summed E-state index contributed by atoms with van der Waals surface area (Å²) in [6.07, 6.45) is -0.427. The summed E-state index contributed by atoms with van der Waals surface area (Å²) in [6, 6.07) is 12.9. The lowest BCUT2D eigenvalue weighted by Gasteiger charge is -2.28. The van der Waals surface area contributed by atoms with Gasteiger partial charge in [-0.3, -0.25) is 14.9 Å². The van der Waals surface area contributed by atoms with Crippen LogP contribution in [0.5, 0.6) is 5.75 Å². The Labute approximate surface area is 201 Å². The van der Waals surface area contributed by atoms with E-state index in [1.807, 2.05) is 0 Å². The van der Waals surface area contributed by atoms with Crippen molar-refractivity contribution < 1.29 is 28.4 Å². The number of halogens is 2. The third-order valence-corrected chi connectivity index (χ3v) is 5.61. The molecule has 1 aliphatic rings. The van der Waals surface area contributed by atoms with Gasteiger partial charge in [0.2, 0.25) is 5.84 Å². The Morgan fingerprint density at radius 2 is 1.89 bits per heavy atom. The van der Waals surface area contributed by atoms with Crippen molar-refractivity contribution in [2.24, 2.45) is 11.5 Å². The second kappa shape index (κ2) is 11.1. The number of hydrogen-bond donors (Lipinski definition) is 6. The Kier molecular flexibility index (Phi) is 8.15. The molecule has 0 aliphatic carbocycles. The molecule has 1 fully saturated rings. The SMILES string of the molecule is COc1ccccc1C(=O)NCc1ccc(C(N)=C(C(=N)[NH2+]C2CNCC(F)(F)C2)C(N)=O)cc1. The van der Waals surface area contributed by atoms with Crippen LogP contribution in [0.4, 0.5) is 8.78 Å². The highest BCUT2D eigenvalue weighted by molar-refractivity contribution is 6.20. The normalized spacial score (nSPS) is 17.7.